The maximum absolute atomic E-state index is 4.53. The molecule has 0 radical (unpaired) electrons. The van der Waals surface area contributed by atoms with Gasteiger partial charge >= 0.3 is 0 Å². The van der Waals surface area contributed by atoms with Gasteiger partial charge in [0.2, 0.25) is 0 Å². The first-order valence-corrected chi connectivity index (χ1v) is 7.97. The number of aryl methyl sites for hydroxylation is 2. The summed E-state index contributed by atoms with van der Waals surface area (Å²) in [5.41, 5.74) is 3.32. The van der Waals surface area contributed by atoms with E-state index in [1.807, 2.05) is 0 Å². The molecule has 1 heterocycles. The Hall–Kier alpha value is -0.830. The third-order valence-electron chi connectivity index (χ3n) is 4.41. The van der Waals surface area contributed by atoms with Crippen LogP contribution in [0, 0.1) is 17.8 Å². The Balaban J connectivity index is 1.99. The van der Waals surface area contributed by atoms with Gasteiger partial charge in [-0.15, -0.1) is 0 Å². The molecule has 1 saturated carbocycles. The highest BCUT2D eigenvalue weighted by Crippen LogP contribution is 2.45. The lowest BCUT2D eigenvalue weighted by Gasteiger charge is -2.45. The standard InChI is InChI=1S/C17H31N3/c1-7-20-15(8-13(2)19-20)11-18-14-9-16(3,4)12-17(5,6)10-14/h8,14,18H,7,9-12H2,1-6H3. The molecule has 1 N–H and O–H groups in total. The molecule has 0 atom stereocenters. The van der Waals surface area contributed by atoms with E-state index in [-0.39, 0.29) is 0 Å². The van der Waals surface area contributed by atoms with Gasteiger partial charge in [0.05, 0.1) is 11.4 Å². The molecule has 1 fully saturated rings. The number of rotatable bonds is 4. The molecule has 20 heavy (non-hydrogen) atoms. The predicted octanol–water partition coefficient (Wildman–Crippen LogP) is 3.91. The zero-order valence-electron chi connectivity index (χ0n) is 14.1. The van der Waals surface area contributed by atoms with Gasteiger partial charge in [-0.1, -0.05) is 27.7 Å². The van der Waals surface area contributed by atoms with Crippen LogP contribution in [-0.4, -0.2) is 15.8 Å². The van der Waals surface area contributed by atoms with Crippen molar-refractivity contribution in [2.75, 3.05) is 0 Å². The second-order valence-corrected chi connectivity index (χ2v) is 8.08. The van der Waals surface area contributed by atoms with E-state index in [0.717, 1.165) is 18.8 Å². The van der Waals surface area contributed by atoms with Crippen LogP contribution >= 0.6 is 0 Å². The summed E-state index contributed by atoms with van der Waals surface area (Å²) in [4.78, 5) is 0. The molecule has 3 nitrogen and oxygen atoms in total. The van der Waals surface area contributed by atoms with Gasteiger partial charge in [-0.05, 0) is 50.0 Å². The lowest BCUT2D eigenvalue weighted by atomic mass is 9.63. The predicted molar refractivity (Wildman–Crippen MR) is 84.7 cm³/mol. The summed E-state index contributed by atoms with van der Waals surface area (Å²) >= 11 is 0. The van der Waals surface area contributed by atoms with Crippen molar-refractivity contribution < 1.29 is 0 Å². The Kier molecular flexibility index (Phi) is 4.29. The fraction of sp³-hybridized carbons (Fsp3) is 0.824. The molecule has 2 rings (SSSR count). The van der Waals surface area contributed by atoms with Gasteiger partial charge in [0, 0.05) is 19.1 Å². The molecule has 0 saturated heterocycles. The van der Waals surface area contributed by atoms with Crippen molar-refractivity contribution >= 4 is 0 Å². The van der Waals surface area contributed by atoms with Crippen molar-refractivity contribution in [3.05, 3.63) is 17.5 Å². The smallest absolute Gasteiger partial charge is 0.0597 e. The highest BCUT2D eigenvalue weighted by molar-refractivity contribution is 5.09. The van der Waals surface area contributed by atoms with Crippen molar-refractivity contribution in [1.82, 2.24) is 15.1 Å². The first-order valence-electron chi connectivity index (χ1n) is 7.97. The number of nitrogens with one attached hydrogen (secondary N) is 1. The summed E-state index contributed by atoms with van der Waals surface area (Å²) in [5, 5.41) is 8.30. The Morgan fingerprint density at radius 2 is 1.85 bits per heavy atom. The molecule has 1 aromatic heterocycles. The lowest BCUT2D eigenvalue weighted by molar-refractivity contribution is 0.0842. The van der Waals surface area contributed by atoms with Crippen LogP contribution in [0.5, 0.6) is 0 Å². The maximum Gasteiger partial charge on any atom is 0.0597 e. The zero-order chi connectivity index (χ0) is 15.0. The van der Waals surface area contributed by atoms with Crippen molar-refractivity contribution in [2.24, 2.45) is 10.8 Å². The van der Waals surface area contributed by atoms with Crippen LogP contribution in [0.15, 0.2) is 6.07 Å². The first kappa shape index (κ1) is 15.6. The Morgan fingerprint density at radius 1 is 1.25 bits per heavy atom. The van der Waals surface area contributed by atoms with Gasteiger partial charge in [0.1, 0.15) is 0 Å². The molecule has 0 aromatic carbocycles. The molecule has 1 aliphatic rings. The third kappa shape index (κ3) is 3.85. The summed E-state index contributed by atoms with van der Waals surface area (Å²) in [5.74, 6) is 0. The fourth-order valence-corrected chi connectivity index (χ4v) is 4.25. The van der Waals surface area contributed by atoms with Crippen LogP contribution in [-0.2, 0) is 13.1 Å². The molecule has 0 bridgehead atoms. The van der Waals surface area contributed by atoms with Crippen LogP contribution < -0.4 is 5.32 Å². The Morgan fingerprint density at radius 3 is 2.40 bits per heavy atom. The average Bonchev–Trinajstić information content (AvgIpc) is 2.63. The molecule has 3 heteroatoms. The largest absolute Gasteiger partial charge is 0.308 e. The van der Waals surface area contributed by atoms with Crippen molar-refractivity contribution in [3.8, 4) is 0 Å². The number of hydrogen-bond acceptors (Lipinski definition) is 2. The number of aromatic nitrogens is 2. The Bertz CT molecular complexity index is 441. The van der Waals surface area contributed by atoms with Crippen LogP contribution in [0.25, 0.3) is 0 Å². The van der Waals surface area contributed by atoms with E-state index in [1.54, 1.807) is 0 Å². The maximum atomic E-state index is 4.53. The minimum atomic E-state index is 0.445. The monoisotopic (exact) mass is 277 g/mol. The lowest BCUT2D eigenvalue weighted by Crippen LogP contribution is -2.43. The Labute approximate surface area is 124 Å². The SMILES string of the molecule is CCn1nc(C)cc1CNC1CC(C)(C)CC(C)(C)C1. The second kappa shape index (κ2) is 5.51. The summed E-state index contributed by atoms with van der Waals surface area (Å²) < 4.78 is 2.11. The molecule has 1 aliphatic carbocycles. The van der Waals surface area contributed by atoms with E-state index in [0.29, 0.717) is 16.9 Å². The third-order valence-corrected chi connectivity index (χ3v) is 4.41. The highest BCUT2D eigenvalue weighted by Gasteiger charge is 2.38. The van der Waals surface area contributed by atoms with E-state index < -0.39 is 0 Å². The molecule has 0 spiro atoms. The highest BCUT2D eigenvalue weighted by atomic mass is 15.3. The quantitative estimate of drug-likeness (QED) is 0.904. The van der Waals surface area contributed by atoms with Crippen molar-refractivity contribution in [3.63, 3.8) is 0 Å². The van der Waals surface area contributed by atoms with Crippen LogP contribution in [0.2, 0.25) is 0 Å². The molecule has 0 amide bonds. The minimum absolute atomic E-state index is 0.445. The van der Waals surface area contributed by atoms with E-state index in [1.165, 1.54) is 25.0 Å². The van der Waals surface area contributed by atoms with Crippen molar-refractivity contribution in [2.45, 2.75) is 79.9 Å². The molecule has 114 valence electrons. The topological polar surface area (TPSA) is 29.9 Å². The average molecular weight is 277 g/mol. The van der Waals surface area contributed by atoms with E-state index >= 15 is 0 Å². The van der Waals surface area contributed by atoms with Gasteiger partial charge in [-0.25, -0.2) is 0 Å². The van der Waals surface area contributed by atoms with Crippen LogP contribution in [0.4, 0.5) is 0 Å². The summed E-state index contributed by atoms with van der Waals surface area (Å²) in [6.07, 6.45) is 3.87. The summed E-state index contributed by atoms with van der Waals surface area (Å²) in [7, 11) is 0. The molecular weight excluding hydrogens is 246 g/mol. The second-order valence-electron chi connectivity index (χ2n) is 8.08. The number of hydrogen-bond donors (Lipinski definition) is 1. The van der Waals surface area contributed by atoms with Gasteiger partial charge in [-0.3, -0.25) is 4.68 Å². The summed E-state index contributed by atoms with van der Waals surface area (Å²) in [6.45, 7) is 15.7. The van der Waals surface area contributed by atoms with Gasteiger partial charge in [0.25, 0.3) is 0 Å². The van der Waals surface area contributed by atoms with Crippen molar-refractivity contribution in [1.29, 1.82) is 0 Å². The van der Waals surface area contributed by atoms with E-state index in [2.05, 4.69) is 62.7 Å². The van der Waals surface area contributed by atoms with Gasteiger partial charge < -0.3 is 5.32 Å². The van der Waals surface area contributed by atoms with Gasteiger partial charge in [0.15, 0.2) is 0 Å². The molecular formula is C17H31N3. The normalized spacial score (nSPS) is 22.1. The van der Waals surface area contributed by atoms with Gasteiger partial charge in [-0.2, -0.15) is 5.10 Å². The number of nitrogens with zero attached hydrogens (tertiary/aromatic N) is 2. The minimum Gasteiger partial charge on any atom is -0.308 e. The summed E-state index contributed by atoms with van der Waals surface area (Å²) in [6, 6.07) is 2.82. The zero-order valence-corrected chi connectivity index (χ0v) is 14.1. The molecule has 0 unspecified atom stereocenters. The first-order chi connectivity index (χ1) is 9.21. The molecule has 0 aliphatic heterocycles. The van der Waals surface area contributed by atoms with E-state index in [9.17, 15) is 0 Å². The van der Waals surface area contributed by atoms with Crippen LogP contribution in [0.1, 0.15) is 65.3 Å². The fourth-order valence-electron chi connectivity index (χ4n) is 4.25. The van der Waals surface area contributed by atoms with Crippen LogP contribution in [0.3, 0.4) is 0 Å². The van der Waals surface area contributed by atoms with E-state index in [4.69, 9.17) is 0 Å². The molecule has 1 aromatic rings.